The van der Waals surface area contributed by atoms with E-state index < -0.39 is 5.82 Å². The Morgan fingerprint density at radius 2 is 1.86 bits per heavy atom. The standard InChI is InChI=1S/C22H16FN3O3/c23-16-9-7-15(8-10-16)22(28)25-17-4-3-5-19(12-17)29-14-18-13-21(27)26-11-2-1-6-20(26)24-18/h1-13H,14H2,(H,25,28). The SMILES string of the molecule is O=C(Nc1cccc(OCc2cc(=O)n3ccccc3n2)c1)c1ccc(F)cc1. The molecule has 29 heavy (non-hydrogen) atoms. The maximum absolute atomic E-state index is 13.0. The highest BCUT2D eigenvalue weighted by molar-refractivity contribution is 6.04. The molecule has 0 unspecified atom stereocenters. The van der Waals surface area contributed by atoms with Gasteiger partial charge in [0.15, 0.2) is 0 Å². The Balaban J connectivity index is 1.46. The fourth-order valence-corrected chi connectivity index (χ4v) is 2.80. The summed E-state index contributed by atoms with van der Waals surface area (Å²) >= 11 is 0. The lowest BCUT2D eigenvalue weighted by molar-refractivity contribution is 0.102. The number of nitrogens with one attached hydrogen (secondary N) is 1. The molecule has 7 heteroatoms. The van der Waals surface area contributed by atoms with E-state index in [-0.39, 0.29) is 18.1 Å². The van der Waals surface area contributed by atoms with Crippen LogP contribution in [-0.4, -0.2) is 15.3 Å². The molecule has 0 spiro atoms. The lowest BCUT2D eigenvalue weighted by atomic mass is 10.2. The lowest BCUT2D eigenvalue weighted by Crippen LogP contribution is -2.16. The number of pyridine rings is 1. The van der Waals surface area contributed by atoms with E-state index >= 15 is 0 Å². The van der Waals surface area contributed by atoms with Crippen molar-refractivity contribution >= 4 is 17.2 Å². The van der Waals surface area contributed by atoms with Gasteiger partial charge in [0, 0.05) is 29.6 Å². The molecule has 1 amide bonds. The summed E-state index contributed by atoms with van der Waals surface area (Å²) in [6.45, 7) is 0.107. The van der Waals surface area contributed by atoms with Gasteiger partial charge in [-0.1, -0.05) is 12.1 Å². The molecule has 144 valence electrons. The maximum atomic E-state index is 13.0. The van der Waals surface area contributed by atoms with Crippen LogP contribution in [0, 0.1) is 5.82 Å². The number of fused-ring (bicyclic) bond motifs is 1. The number of anilines is 1. The number of rotatable bonds is 5. The molecule has 4 rings (SSSR count). The number of nitrogens with zero attached hydrogens (tertiary/aromatic N) is 2. The highest BCUT2D eigenvalue weighted by Crippen LogP contribution is 2.19. The van der Waals surface area contributed by atoms with Crippen molar-refractivity contribution in [2.45, 2.75) is 6.61 Å². The van der Waals surface area contributed by atoms with E-state index in [0.29, 0.717) is 28.3 Å². The van der Waals surface area contributed by atoms with Crippen molar-refractivity contribution in [1.82, 2.24) is 9.38 Å². The zero-order valence-corrected chi connectivity index (χ0v) is 15.2. The molecule has 1 N–H and O–H groups in total. The van der Waals surface area contributed by atoms with Gasteiger partial charge in [0.05, 0.1) is 5.69 Å². The van der Waals surface area contributed by atoms with Crippen LogP contribution in [0.5, 0.6) is 5.75 Å². The normalized spacial score (nSPS) is 10.7. The molecular formula is C22H16FN3O3. The van der Waals surface area contributed by atoms with Crippen LogP contribution in [0.4, 0.5) is 10.1 Å². The van der Waals surface area contributed by atoms with Gasteiger partial charge in [-0.2, -0.15) is 0 Å². The molecule has 4 aromatic rings. The first-order valence-electron chi connectivity index (χ1n) is 8.85. The maximum Gasteiger partial charge on any atom is 0.258 e. The minimum Gasteiger partial charge on any atom is -0.487 e. The molecule has 0 fully saturated rings. The minimum atomic E-state index is -0.404. The van der Waals surface area contributed by atoms with Gasteiger partial charge >= 0.3 is 0 Å². The Bertz CT molecular complexity index is 1240. The first kappa shape index (κ1) is 18.4. The first-order valence-corrected chi connectivity index (χ1v) is 8.85. The van der Waals surface area contributed by atoms with Gasteiger partial charge in [0.1, 0.15) is 23.8 Å². The lowest BCUT2D eigenvalue weighted by Gasteiger charge is -2.10. The van der Waals surface area contributed by atoms with Crippen LogP contribution < -0.4 is 15.6 Å². The minimum absolute atomic E-state index is 0.107. The van der Waals surface area contributed by atoms with Gasteiger partial charge < -0.3 is 10.1 Å². The highest BCUT2D eigenvalue weighted by Gasteiger charge is 2.08. The average Bonchev–Trinajstić information content (AvgIpc) is 2.73. The average molecular weight is 389 g/mol. The van der Waals surface area contributed by atoms with Crippen LogP contribution in [0.3, 0.4) is 0 Å². The number of carbonyl (C=O) groups is 1. The molecule has 2 heterocycles. The molecule has 0 saturated carbocycles. The number of ether oxygens (including phenoxy) is 1. The summed E-state index contributed by atoms with van der Waals surface area (Å²) in [5.41, 5.74) is 1.73. The number of benzene rings is 2. The van der Waals surface area contributed by atoms with E-state index in [0.717, 1.165) is 0 Å². The van der Waals surface area contributed by atoms with Crippen LogP contribution in [0.25, 0.3) is 5.65 Å². The Hall–Kier alpha value is -4.00. The molecule has 2 aromatic heterocycles. The summed E-state index contributed by atoms with van der Waals surface area (Å²) in [6, 6.07) is 18.9. The van der Waals surface area contributed by atoms with Crippen molar-refractivity contribution in [3.8, 4) is 5.75 Å². The summed E-state index contributed by atoms with van der Waals surface area (Å²) in [6.07, 6.45) is 1.66. The molecule has 0 saturated heterocycles. The summed E-state index contributed by atoms with van der Waals surface area (Å²) in [7, 11) is 0. The number of aromatic nitrogens is 2. The van der Waals surface area contributed by atoms with Gasteiger partial charge in [-0.3, -0.25) is 14.0 Å². The molecule has 0 aliphatic heterocycles. The molecule has 0 radical (unpaired) electrons. The Morgan fingerprint density at radius 1 is 1.03 bits per heavy atom. The van der Waals surface area contributed by atoms with E-state index in [4.69, 9.17) is 4.74 Å². The van der Waals surface area contributed by atoms with Crippen molar-refractivity contribution in [1.29, 1.82) is 0 Å². The fraction of sp³-hybridized carbons (Fsp3) is 0.0455. The second-order valence-corrected chi connectivity index (χ2v) is 6.29. The zero-order chi connectivity index (χ0) is 20.2. The third-order valence-corrected chi connectivity index (χ3v) is 4.21. The summed E-state index contributed by atoms with van der Waals surface area (Å²) in [5, 5.41) is 2.74. The van der Waals surface area contributed by atoms with E-state index in [9.17, 15) is 14.0 Å². The van der Waals surface area contributed by atoms with Crippen molar-refractivity contribution < 1.29 is 13.9 Å². The van der Waals surface area contributed by atoms with E-state index in [1.807, 2.05) is 0 Å². The number of carbonyl (C=O) groups excluding carboxylic acids is 1. The fourth-order valence-electron chi connectivity index (χ4n) is 2.80. The molecule has 0 atom stereocenters. The second kappa shape index (κ2) is 7.93. The predicted molar refractivity (Wildman–Crippen MR) is 107 cm³/mol. The number of hydrogen-bond acceptors (Lipinski definition) is 4. The molecule has 0 bridgehead atoms. The van der Waals surface area contributed by atoms with Gasteiger partial charge in [0.25, 0.3) is 11.5 Å². The smallest absolute Gasteiger partial charge is 0.258 e. The predicted octanol–water partition coefficient (Wildman–Crippen LogP) is 3.66. The van der Waals surface area contributed by atoms with Gasteiger partial charge in [-0.15, -0.1) is 0 Å². The number of amides is 1. The van der Waals surface area contributed by atoms with Gasteiger partial charge in [0.2, 0.25) is 0 Å². The molecule has 0 aliphatic carbocycles. The van der Waals surface area contributed by atoms with Gasteiger partial charge in [-0.05, 0) is 48.5 Å². The van der Waals surface area contributed by atoms with Crippen LogP contribution in [-0.2, 0) is 6.61 Å². The Kier molecular flexibility index (Phi) is 5.03. The van der Waals surface area contributed by atoms with Crippen molar-refractivity contribution in [3.63, 3.8) is 0 Å². The third kappa shape index (κ3) is 4.30. The van der Waals surface area contributed by atoms with E-state index in [2.05, 4.69) is 10.3 Å². The third-order valence-electron chi connectivity index (χ3n) is 4.21. The topological polar surface area (TPSA) is 72.7 Å². The van der Waals surface area contributed by atoms with Crippen LogP contribution in [0.15, 0.2) is 83.8 Å². The zero-order valence-electron chi connectivity index (χ0n) is 15.2. The van der Waals surface area contributed by atoms with Crippen molar-refractivity contribution in [2.24, 2.45) is 0 Å². The Labute approximate surface area is 165 Å². The van der Waals surface area contributed by atoms with Crippen LogP contribution in [0.1, 0.15) is 16.1 Å². The van der Waals surface area contributed by atoms with E-state index in [1.165, 1.54) is 34.7 Å². The number of hydrogen-bond donors (Lipinski definition) is 1. The molecular weight excluding hydrogens is 373 g/mol. The summed E-state index contributed by atoms with van der Waals surface area (Å²) < 4.78 is 20.2. The Morgan fingerprint density at radius 3 is 2.69 bits per heavy atom. The van der Waals surface area contributed by atoms with Crippen LogP contribution in [0.2, 0.25) is 0 Å². The first-order chi connectivity index (χ1) is 14.1. The molecule has 0 aliphatic rings. The van der Waals surface area contributed by atoms with Crippen LogP contribution >= 0.6 is 0 Å². The summed E-state index contributed by atoms with van der Waals surface area (Å²) in [5.74, 6) is -0.248. The quantitative estimate of drug-likeness (QED) is 0.565. The van der Waals surface area contributed by atoms with Gasteiger partial charge in [-0.25, -0.2) is 9.37 Å². The number of halogens is 1. The highest BCUT2D eigenvalue weighted by atomic mass is 19.1. The molecule has 6 nitrogen and oxygen atoms in total. The molecule has 2 aromatic carbocycles. The second-order valence-electron chi connectivity index (χ2n) is 6.29. The monoisotopic (exact) mass is 389 g/mol. The van der Waals surface area contributed by atoms with E-state index in [1.54, 1.807) is 48.7 Å². The van der Waals surface area contributed by atoms with Crippen molar-refractivity contribution in [3.05, 3.63) is 106 Å². The largest absolute Gasteiger partial charge is 0.487 e. The summed E-state index contributed by atoms with van der Waals surface area (Å²) in [4.78, 5) is 28.8. The van der Waals surface area contributed by atoms with Crippen molar-refractivity contribution in [2.75, 3.05) is 5.32 Å².